The minimum Gasteiger partial charge on any atom is -0.458 e. The van der Waals surface area contributed by atoms with E-state index in [4.69, 9.17) is 9.47 Å². The van der Waals surface area contributed by atoms with Gasteiger partial charge in [0.15, 0.2) is 0 Å². The van der Waals surface area contributed by atoms with Crippen molar-refractivity contribution in [2.45, 2.75) is 13.8 Å². The van der Waals surface area contributed by atoms with Gasteiger partial charge in [-0.05, 0) is 5.92 Å². The predicted molar refractivity (Wildman–Crippen MR) is 49.1 cm³/mol. The summed E-state index contributed by atoms with van der Waals surface area (Å²) in [5, 5.41) is 0. The van der Waals surface area contributed by atoms with Crippen molar-refractivity contribution in [2.75, 3.05) is 6.61 Å². The summed E-state index contributed by atoms with van der Waals surface area (Å²) >= 11 is 0. The lowest BCUT2D eigenvalue weighted by Crippen LogP contribution is -2.08. The first-order valence-electron chi connectivity index (χ1n) is 4.34. The molecule has 1 aliphatic rings. The third-order valence-electron chi connectivity index (χ3n) is 1.80. The number of rotatable bonds is 1. The van der Waals surface area contributed by atoms with Crippen LogP contribution in [0.2, 0.25) is 0 Å². The van der Waals surface area contributed by atoms with Gasteiger partial charge in [0.25, 0.3) is 0 Å². The SMILES string of the molecule is CC(C)/C1=C/OC(=O)/C=C\C(=O)OC1. The van der Waals surface area contributed by atoms with Gasteiger partial charge in [0.2, 0.25) is 0 Å². The Kier molecular flexibility index (Phi) is 3.45. The van der Waals surface area contributed by atoms with E-state index in [0.29, 0.717) is 0 Å². The van der Waals surface area contributed by atoms with Crippen LogP contribution in [0.5, 0.6) is 0 Å². The topological polar surface area (TPSA) is 52.6 Å². The van der Waals surface area contributed by atoms with Gasteiger partial charge >= 0.3 is 11.9 Å². The molecule has 4 heteroatoms. The highest BCUT2D eigenvalue weighted by molar-refractivity contribution is 5.92. The fourth-order valence-corrected chi connectivity index (χ4v) is 0.848. The average molecular weight is 196 g/mol. The van der Waals surface area contributed by atoms with Crippen LogP contribution in [0.15, 0.2) is 24.0 Å². The van der Waals surface area contributed by atoms with Crippen LogP contribution in [0.1, 0.15) is 13.8 Å². The van der Waals surface area contributed by atoms with E-state index < -0.39 is 11.9 Å². The van der Waals surface area contributed by atoms with E-state index in [1.165, 1.54) is 6.26 Å². The van der Waals surface area contributed by atoms with Gasteiger partial charge < -0.3 is 9.47 Å². The number of hydrogen-bond donors (Lipinski definition) is 0. The molecule has 0 radical (unpaired) electrons. The van der Waals surface area contributed by atoms with E-state index in [1.807, 2.05) is 13.8 Å². The van der Waals surface area contributed by atoms with Gasteiger partial charge in [-0.15, -0.1) is 0 Å². The molecule has 1 aliphatic heterocycles. The first kappa shape index (κ1) is 10.5. The predicted octanol–water partition coefficient (Wildman–Crippen LogP) is 1.18. The molecule has 0 fully saturated rings. The summed E-state index contributed by atoms with van der Waals surface area (Å²) in [4.78, 5) is 21.9. The maximum atomic E-state index is 11.0. The summed E-state index contributed by atoms with van der Waals surface area (Å²) in [5.74, 6) is -0.925. The Morgan fingerprint density at radius 2 is 1.86 bits per heavy atom. The largest absolute Gasteiger partial charge is 0.458 e. The zero-order chi connectivity index (χ0) is 10.6. The third-order valence-corrected chi connectivity index (χ3v) is 1.80. The maximum absolute atomic E-state index is 11.0. The van der Waals surface area contributed by atoms with E-state index in [1.54, 1.807) is 0 Å². The molecule has 1 heterocycles. The van der Waals surface area contributed by atoms with Crippen LogP contribution in [0, 0.1) is 5.92 Å². The first-order valence-corrected chi connectivity index (χ1v) is 4.34. The van der Waals surface area contributed by atoms with Crippen molar-refractivity contribution in [3.63, 3.8) is 0 Å². The first-order chi connectivity index (χ1) is 6.59. The zero-order valence-corrected chi connectivity index (χ0v) is 8.15. The highest BCUT2D eigenvalue weighted by Gasteiger charge is 2.10. The Morgan fingerprint density at radius 1 is 1.21 bits per heavy atom. The Balaban J connectivity index is 2.79. The highest BCUT2D eigenvalue weighted by Crippen LogP contribution is 2.11. The Hall–Kier alpha value is -1.58. The quantitative estimate of drug-likeness (QED) is 0.591. The Bertz CT molecular complexity index is 299. The Morgan fingerprint density at radius 3 is 2.50 bits per heavy atom. The van der Waals surface area contributed by atoms with Gasteiger partial charge in [-0.1, -0.05) is 13.8 Å². The van der Waals surface area contributed by atoms with E-state index in [9.17, 15) is 9.59 Å². The second-order valence-corrected chi connectivity index (χ2v) is 3.23. The summed E-state index contributed by atoms with van der Waals surface area (Å²) in [6, 6.07) is 0. The minimum atomic E-state index is -0.568. The number of carbonyl (C=O) groups excluding carboxylic acids is 2. The summed E-state index contributed by atoms with van der Waals surface area (Å²) < 4.78 is 9.62. The molecule has 0 unspecified atom stereocenters. The van der Waals surface area contributed by atoms with E-state index in [0.717, 1.165) is 17.7 Å². The van der Waals surface area contributed by atoms with Crippen LogP contribution in [-0.4, -0.2) is 18.5 Å². The molecule has 0 atom stereocenters. The molecule has 0 spiro atoms. The molecule has 0 bridgehead atoms. The number of carbonyl (C=O) groups is 2. The lowest BCUT2D eigenvalue weighted by Gasteiger charge is -2.09. The van der Waals surface area contributed by atoms with Gasteiger partial charge in [-0.2, -0.15) is 0 Å². The molecule has 0 aromatic rings. The van der Waals surface area contributed by atoms with E-state index >= 15 is 0 Å². The van der Waals surface area contributed by atoms with Crippen LogP contribution in [0.3, 0.4) is 0 Å². The number of cyclic esters (lactones) is 2. The van der Waals surface area contributed by atoms with Crippen molar-refractivity contribution in [1.82, 2.24) is 0 Å². The molecule has 0 saturated heterocycles. The van der Waals surface area contributed by atoms with Crippen LogP contribution >= 0.6 is 0 Å². The highest BCUT2D eigenvalue weighted by atomic mass is 16.5. The second kappa shape index (κ2) is 4.60. The lowest BCUT2D eigenvalue weighted by molar-refractivity contribution is -0.137. The van der Waals surface area contributed by atoms with Gasteiger partial charge in [-0.25, -0.2) is 9.59 Å². The molecule has 0 saturated carbocycles. The van der Waals surface area contributed by atoms with Crippen molar-refractivity contribution in [3.8, 4) is 0 Å². The number of ether oxygens (including phenoxy) is 2. The number of esters is 2. The summed E-state index contributed by atoms with van der Waals surface area (Å²) in [5.41, 5.74) is 0.774. The van der Waals surface area contributed by atoms with Gasteiger partial charge in [0.05, 0.1) is 6.26 Å². The lowest BCUT2D eigenvalue weighted by atomic mass is 10.1. The van der Waals surface area contributed by atoms with Gasteiger partial charge in [0.1, 0.15) is 6.61 Å². The molecule has 0 N–H and O–H groups in total. The fourth-order valence-electron chi connectivity index (χ4n) is 0.848. The van der Waals surface area contributed by atoms with Crippen molar-refractivity contribution in [2.24, 2.45) is 5.92 Å². The number of hydrogen-bond acceptors (Lipinski definition) is 4. The molecule has 14 heavy (non-hydrogen) atoms. The van der Waals surface area contributed by atoms with Crippen molar-refractivity contribution in [1.29, 1.82) is 0 Å². The van der Waals surface area contributed by atoms with E-state index in [2.05, 4.69) is 0 Å². The van der Waals surface area contributed by atoms with Crippen LogP contribution in [0.4, 0.5) is 0 Å². The molecule has 0 aromatic heterocycles. The zero-order valence-electron chi connectivity index (χ0n) is 8.15. The standard InChI is InChI=1S/C10H12O4/c1-7(2)8-5-13-9(11)3-4-10(12)14-6-8/h3-5,7H,6H2,1-2H3/b4-3-,8-5+. The molecule has 0 amide bonds. The molecule has 0 aromatic carbocycles. The van der Waals surface area contributed by atoms with Gasteiger partial charge in [0, 0.05) is 17.7 Å². The average Bonchev–Trinajstić information content (AvgIpc) is 2.20. The van der Waals surface area contributed by atoms with Crippen LogP contribution in [0.25, 0.3) is 0 Å². The molecule has 76 valence electrons. The van der Waals surface area contributed by atoms with Gasteiger partial charge in [-0.3, -0.25) is 0 Å². The third kappa shape index (κ3) is 3.05. The summed E-state index contributed by atoms with van der Waals surface area (Å²) in [6.45, 7) is 4.02. The Labute approximate surface area is 82.2 Å². The smallest absolute Gasteiger partial charge is 0.335 e. The van der Waals surface area contributed by atoms with E-state index in [-0.39, 0.29) is 12.5 Å². The monoisotopic (exact) mass is 196 g/mol. The minimum absolute atomic E-state index is 0.161. The van der Waals surface area contributed by atoms with Crippen molar-refractivity contribution >= 4 is 11.9 Å². The van der Waals surface area contributed by atoms with Crippen LogP contribution in [-0.2, 0) is 19.1 Å². The molecule has 4 nitrogen and oxygen atoms in total. The normalized spacial score (nSPS) is 23.8. The maximum Gasteiger partial charge on any atom is 0.335 e. The van der Waals surface area contributed by atoms with Crippen molar-refractivity contribution < 1.29 is 19.1 Å². The molecular formula is C10H12O4. The van der Waals surface area contributed by atoms with Crippen molar-refractivity contribution in [3.05, 3.63) is 24.0 Å². The molecule has 0 aliphatic carbocycles. The fraction of sp³-hybridized carbons (Fsp3) is 0.400. The second-order valence-electron chi connectivity index (χ2n) is 3.23. The van der Waals surface area contributed by atoms with Crippen LogP contribution < -0.4 is 0 Å². The summed E-state index contributed by atoms with van der Waals surface area (Å²) in [6.07, 6.45) is 3.44. The molecule has 1 rings (SSSR count). The molecular weight excluding hydrogens is 184 g/mol. The summed E-state index contributed by atoms with van der Waals surface area (Å²) in [7, 11) is 0.